The minimum atomic E-state index is 0.307. The van der Waals surface area contributed by atoms with Crippen LogP contribution in [-0.2, 0) is 11.4 Å². The fraction of sp³-hybridized carbons (Fsp3) is 0.182. The maximum atomic E-state index is 6.16. The Kier molecular flexibility index (Phi) is 5.29. The van der Waals surface area contributed by atoms with Crippen LogP contribution in [0.2, 0.25) is 4.82 Å². The molecule has 1 aliphatic rings. The molecule has 0 unspecified atom stereocenters. The van der Waals surface area contributed by atoms with Gasteiger partial charge in [0.15, 0.2) is 0 Å². The first-order valence-corrected chi connectivity index (χ1v) is 10.4. The third-order valence-corrected chi connectivity index (χ3v) is 7.02. The second-order valence-electron chi connectivity index (χ2n) is 6.18. The molecule has 4 rings (SSSR count). The van der Waals surface area contributed by atoms with Crippen molar-refractivity contribution in [2.45, 2.75) is 17.4 Å². The van der Waals surface area contributed by atoms with E-state index >= 15 is 0 Å². The zero-order chi connectivity index (χ0) is 16.9. The molecule has 2 atom stereocenters. The van der Waals surface area contributed by atoms with E-state index in [4.69, 9.17) is 4.84 Å². The molecule has 0 aliphatic carbocycles. The summed E-state index contributed by atoms with van der Waals surface area (Å²) in [6, 6.07) is 32.5. The molecular formula is C22H21NOSe. The summed E-state index contributed by atoms with van der Waals surface area (Å²) in [6.45, 7) is 1.61. The standard InChI is InChI=1S/C22H21NOSe/c1-4-10-18(11-5-1)16-23-22(19-12-6-2-7-13-19)21(17-24-23)25-20-14-8-3-9-15-20/h1-15,21-22H,16-17H2/t21-,22+/m1/s1. The van der Waals surface area contributed by atoms with Crippen molar-refractivity contribution in [1.82, 2.24) is 5.06 Å². The van der Waals surface area contributed by atoms with Crippen LogP contribution in [-0.4, -0.2) is 26.6 Å². The normalized spacial score (nSPS) is 20.6. The molecule has 0 spiro atoms. The van der Waals surface area contributed by atoms with E-state index < -0.39 is 0 Å². The summed E-state index contributed by atoms with van der Waals surface area (Å²) in [5, 5.41) is 2.18. The molecule has 3 aromatic rings. The Morgan fingerprint density at radius 2 is 1.40 bits per heavy atom. The van der Waals surface area contributed by atoms with Gasteiger partial charge in [-0.05, 0) is 0 Å². The first kappa shape index (κ1) is 16.6. The second kappa shape index (κ2) is 7.99. The molecule has 0 N–H and O–H groups in total. The van der Waals surface area contributed by atoms with Crippen LogP contribution in [0.15, 0.2) is 91.0 Å². The summed E-state index contributed by atoms with van der Waals surface area (Å²) in [5.74, 6) is 0. The Labute approximate surface area is 155 Å². The van der Waals surface area contributed by atoms with Gasteiger partial charge in [0.05, 0.1) is 0 Å². The molecule has 0 amide bonds. The number of rotatable bonds is 5. The molecule has 0 bridgehead atoms. The van der Waals surface area contributed by atoms with Gasteiger partial charge in [-0.2, -0.15) is 0 Å². The van der Waals surface area contributed by atoms with Gasteiger partial charge in [0, 0.05) is 0 Å². The zero-order valence-corrected chi connectivity index (χ0v) is 15.7. The Morgan fingerprint density at radius 1 is 0.800 bits per heavy atom. The predicted molar refractivity (Wildman–Crippen MR) is 103 cm³/mol. The fourth-order valence-corrected chi connectivity index (χ4v) is 5.79. The molecule has 3 aromatic carbocycles. The Morgan fingerprint density at radius 3 is 2.08 bits per heavy atom. The van der Waals surface area contributed by atoms with Gasteiger partial charge in [-0.25, -0.2) is 0 Å². The van der Waals surface area contributed by atoms with Crippen molar-refractivity contribution in [1.29, 1.82) is 0 Å². The number of hydrogen-bond donors (Lipinski definition) is 0. The molecule has 1 saturated heterocycles. The fourth-order valence-electron chi connectivity index (χ4n) is 3.24. The zero-order valence-electron chi connectivity index (χ0n) is 14.0. The van der Waals surface area contributed by atoms with E-state index in [1.54, 1.807) is 0 Å². The van der Waals surface area contributed by atoms with Crippen molar-refractivity contribution >= 4 is 19.4 Å². The molecule has 1 fully saturated rings. The van der Waals surface area contributed by atoms with Crippen LogP contribution in [0.1, 0.15) is 17.2 Å². The maximum absolute atomic E-state index is 6.16. The average molecular weight is 394 g/mol. The number of hydrogen-bond acceptors (Lipinski definition) is 2. The van der Waals surface area contributed by atoms with Crippen molar-refractivity contribution < 1.29 is 4.84 Å². The van der Waals surface area contributed by atoms with E-state index in [0.29, 0.717) is 25.8 Å². The molecule has 126 valence electrons. The summed E-state index contributed by atoms with van der Waals surface area (Å²) in [4.78, 5) is 6.67. The Bertz CT molecular complexity index is 729. The topological polar surface area (TPSA) is 12.5 Å². The van der Waals surface area contributed by atoms with Gasteiger partial charge in [0.1, 0.15) is 0 Å². The number of nitrogens with zero attached hydrogens (tertiary/aromatic N) is 1. The molecule has 0 aromatic heterocycles. The van der Waals surface area contributed by atoms with E-state index in [1.807, 2.05) is 0 Å². The van der Waals surface area contributed by atoms with Crippen LogP contribution >= 0.6 is 0 Å². The molecular weight excluding hydrogens is 373 g/mol. The van der Waals surface area contributed by atoms with Crippen LogP contribution in [0.3, 0.4) is 0 Å². The monoisotopic (exact) mass is 395 g/mol. The van der Waals surface area contributed by atoms with Crippen molar-refractivity contribution in [2.75, 3.05) is 6.61 Å². The summed E-state index contributed by atoms with van der Waals surface area (Å²) in [7, 11) is 0. The van der Waals surface area contributed by atoms with Crippen LogP contribution < -0.4 is 4.46 Å². The Balaban J connectivity index is 1.59. The molecule has 0 radical (unpaired) electrons. The third kappa shape index (κ3) is 4.02. The van der Waals surface area contributed by atoms with Crippen LogP contribution in [0.4, 0.5) is 0 Å². The first-order valence-electron chi connectivity index (χ1n) is 8.60. The van der Waals surface area contributed by atoms with Gasteiger partial charge in [-0.15, -0.1) is 0 Å². The van der Waals surface area contributed by atoms with E-state index in [0.717, 1.165) is 13.2 Å². The third-order valence-electron chi connectivity index (χ3n) is 4.42. The quantitative estimate of drug-likeness (QED) is 0.607. The van der Waals surface area contributed by atoms with Gasteiger partial charge >= 0.3 is 155 Å². The van der Waals surface area contributed by atoms with Crippen LogP contribution in [0.25, 0.3) is 0 Å². The molecule has 2 nitrogen and oxygen atoms in total. The van der Waals surface area contributed by atoms with Gasteiger partial charge in [0.25, 0.3) is 0 Å². The van der Waals surface area contributed by atoms with Gasteiger partial charge < -0.3 is 0 Å². The first-order chi connectivity index (χ1) is 12.4. The van der Waals surface area contributed by atoms with Gasteiger partial charge in [-0.1, -0.05) is 0 Å². The van der Waals surface area contributed by atoms with E-state index in [1.165, 1.54) is 15.6 Å². The minimum absolute atomic E-state index is 0.307. The molecule has 3 heteroatoms. The summed E-state index contributed by atoms with van der Waals surface area (Å²) >= 11 is 0.382. The van der Waals surface area contributed by atoms with Crippen LogP contribution in [0, 0.1) is 0 Å². The molecule has 25 heavy (non-hydrogen) atoms. The molecule has 1 aliphatic heterocycles. The van der Waals surface area contributed by atoms with Crippen LogP contribution in [0.5, 0.6) is 0 Å². The summed E-state index contributed by atoms with van der Waals surface area (Å²) in [5.41, 5.74) is 2.63. The Hall–Kier alpha value is -1.90. The van der Waals surface area contributed by atoms with Gasteiger partial charge in [-0.3, -0.25) is 0 Å². The second-order valence-corrected chi connectivity index (χ2v) is 8.94. The van der Waals surface area contributed by atoms with E-state index in [2.05, 4.69) is 96.1 Å². The summed E-state index contributed by atoms with van der Waals surface area (Å²) in [6.07, 6.45) is 0. The predicted octanol–water partition coefficient (Wildman–Crippen LogP) is 3.99. The van der Waals surface area contributed by atoms with Gasteiger partial charge in [0.2, 0.25) is 0 Å². The summed E-state index contributed by atoms with van der Waals surface area (Å²) < 4.78 is 1.44. The number of hydroxylamine groups is 2. The van der Waals surface area contributed by atoms with Crippen molar-refractivity contribution in [3.8, 4) is 0 Å². The van der Waals surface area contributed by atoms with E-state index in [9.17, 15) is 0 Å². The van der Waals surface area contributed by atoms with Crippen molar-refractivity contribution in [3.05, 3.63) is 102 Å². The van der Waals surface area contributed by atoms with E-state index in [-0.39, 0.29) is 0 Å². The number of benzene rings is 3. The van der Waals surface area contributed by atoms with Crippen molar-refractivity contribution in [3.63, 3.8) is 0 Å². The SMILES string of the molecule is c1ccc(CN2OC[C@@H]([Se]c3ccccc3)[C@@H]2c2ccccc2)cc1. The molecule has 0 saturated carbocycles. The molecule has 1 heterocycles. The van der Waals surface area contributed by atoms with Crippen molar-refractivity contribution in [2.24, 2.45) is 0 Å². The average Bonchev–Trinajstić information content (AvgIpc) is 3.06.